The smallest absolute Gasteiger partial charge is 0.406 e. The van der Waals surface area contributed by atoms with Crippen molar-refractivity contribution < 1.29 is 22.7 Å². The number of nitrogens with zero attached hydrogens (tertiary/aromatic N) is 1. The number of hydrogen-bond acceptors (Lipinski definition) is 2. The molecule has 0 saturated carbocycles. The van der Waals surface area contributed by atoms with Gasteiger partial charge in [0.2, 0.25) is 5.91 Å². The van der Waals surface area contributed by atoms with Gasteiger partial charge in [0, 0.05) is 30.6 Å². The van der Waals surface area contributed by atoms with Crippen molar-refractivity contribution in [2.24, 2.45) is 5.92 Å². The molecule has 102 valence electrons. The van der Waals surface area contributed by atoms with Crippen LogP contribution in [0.15, 0.2) is 36.9 Å². The van der Waals surface area contributed by atoms with Crippen LogP contribution in [0.4, 0.5) is 18.9 Å². The van der Waals surface area contributed by atoms with Crippen molar-refractivity contribution in [3.63, 3.8) is 0 Å². The standard InChI is InChI=1S/C13H12F3NO2/c1-2-9-6-12(18)17(8-9)10-4-3-5-11(7-10)19-13(14,15)16/h2-5,7,9H,1,6,8H2. The van der Waals surface area contributed by atoms with E-state index in [0.717, 1.165) is 0 Å². The van der Waals surface area contributed by atoms with Crippen LogP contribution in [0.5, 0.6) is 5.75 Å². The zero-order chi connectivity index (χ0) is 14.0. The first-order valence-electron chi connectivity index (χ1n) is 5.68. The van der Waals surface area contributed by atoms with Gasteiger partial charge in [0.1, 0.15) is 5.75 Å². The van der Waals surface area contributed by atoms with Crippen LogP contribution < -0.4 is 9.64 Å². The molecule has 1 heterocycles. The summed E-state index contributed by atoms with van der Waals surface area (Å²) >= 11 is 0. The van der Waals surface area contributed by atoms with Crippen molar-refractivity contribution in [3.8, 4) is 5.75 Å². The van der Waals surface area contributed by atoms with Gasteiger partial charge in [0.25, 0.3) is 0 Å². The molecule has 1 saturated heterocycles. The van der Waals surface area contributed by atoms with Crippen LogP contribution in [0.3, 0.4) is 0 Å². The summed E-state index contributed by atoms with van der Waals surface area (Å²) < 4.78 is 40.2. The summed E-state index contributed by atoms with van der Waals surface area (Å²) in [5.41, 5.74) is 0.399. The summed E-state index contributed by atoms with van der Waals surface area (Å²) in [6.07, 6.45) is -2.74. The molecule has 1 amide bonds. The number of alkyl halides is 3. The highest BCUT2D eigenvalue weighted by Crippen LogP contribution is 2.30. The van der Waals surface area contributed by atoms with Gasteiger partial charge in [-0.15, -0.1) is 19.8 Å². The number of ether oxygens (including phenoxy) is 1. The minimum Gasteiger partial charge on any atom is -0.406 e. The van der Waals surface area contributed by atoms with E-state index in [9.17, 15) is 18.0 Å². The van der Waals surface area contributed by atoms with Crippen LogP contribution in [0.25, 0.3) is 0 Å². The van der Waals surface area contributed by atoms with Gasteiger partial charge in [-0.05, 0) is 12.1 Å². The zero-order valence-electron chi connectivity index (χ0n) is 9.98. The molecule has 0 radical (unpaired) electrons. The largest absolute Gasteiger partial charge is 0.573 e. The fraction of sp³-hybridized carbons (Fsp3) is 0.308. The highest BCUT2D eigenvalue weighted by molar-refractivity contribution is 5.96. The summed E-state index contributed by atoms with van der Waals surface area (Å²) in [5.74, 6) is -0.436. The Bertz CT molecular complexity index is 499. The van der Waals surface area contributed by atoms with E-state index in [1.165, 1.54) is 23.1 Å². The van der Waals surface area contributed by atoms with E-state index in [2.05, 4.69) is 11.3 Å². The Labute approximate surface area is 108 Å². The maximum Gasteiger partial charge on any atom is 0.573 e. The van der Waals surface area contributed by atoms with E-state index in [0.29, 0.717) is 18.7 Å². The van der Waals surface area contributed by atoms with Gasteiger partial charge < -0.3 is 9.64 Å². The normalized spacial score (nSPS) is 19.6. The molecule has 1 fully saturated rings. The molecule has 0 aliphatic carbocycles. The molecule has 1 unspecified atom stereocenters. The number of benzene rings is 1. The maximum absolute atomic E-state index is 12.1. The minimum absolute atomic E-state index is 0.0275. The van der Waals surface area contributed by atoms with Crippen molar-refractivity contribution in [1.82, 2.24) is 0 Å². The molecular weight excluding hydrogens is 259 g/mol. The Kier molecular flexibility index (Phi) is 3.50. The quantitative estimate of drug-likeness (QED) is 0.790. The summed E-state index contributed by atoms with van der Waals surface area (Å²) in [6, 6.07) is 5.40. The van der Waals surface area contributed by atoms with E-state index in [-0.39, 0.29) is 17.6 Å². The Hall–Kier alpha value is -1.98. The highest BCUT2D eigenvalue weighted by atomic mass is 19.4. The first-order valence-corrected chi connectivity index (χ1v) is 5.68. The molecule has 0 spiro atoms. The van der Waals surface area contributed by atoms with Crippen molar-refractivity contribution in [2.45, 2.75) is 12.8 Å². The number of halogens is 3. The van der Waals surface area contributed by atoms with Gasteiger partial charge >= 0.3 is 6.36 Å². The number of carbonyl (C=O) groups excluding carboxylic acids is 1. The lowest BCUT2D eigenvalue weighted by Gasteiger charge is -2.17. The summed E-state index contributed by atoms with van der Waals surface area (Å²) in [6.45, 7) is 4.05. The maximum atomic E-state index is 12.1. The molecule has 0 bridgehead atoms. The molecule has 0 N–H and O–H groups in total. The number of hydrogen-bond donors (Lipinski definition) is 0. The first kappa shape index (κ1) is 13.5. The van der Waals surface area contributed by atoms with E-state index < -0.39 is 6.36 Å². The molecule has 3 nitrogen and oxygen atoms in total. The SMILES string of the molecule is C=CC1CC(=O)N(c2cccc(OC(F)(F)F)c2)C1. The molecule has 1 aromatic carbocycles. The third kappa shape index (κ3) is 3.27. The predicted octanol–water partition coefficient (Wildman–Crippen LogP) is 3.12. The second kappa shape index (κ2) is 4.95. The minimum atomic E-state index is -4.74. The van der Waals surface area contributed by atoms with E-state index in [4.69, 9.17) is 0 Å². The fourth-order valence-electron chi connectivity index (χ4n) is 1.99. The third-order valence-corrected chi connectivity index (χ3v) is 2.85. The predicted molar refractivity (Wildman–Crippen MR) is 63.8 cm³/mol. The molecular formula is C13H12F3NO2. The summed E-state index contributed by atoms with van der Waals surface area (Å²) in [5, 5.41) is 0. The molecule has 1 aliphatic heterocycles. The monoisotopic (exact) mass is 271 g/mol. The number of anilines is 1. The zero-order valence-corrected chi connectivity index (χ0v) is 9.98. The van der Waals surface area contributed by atoms with Crippen LogP contribution in [0.2, 0.25) is 0 Å². The van der Waals surface area contributed by atoms with E-state index >= 15 is 0 Å². The highest BCUT2D eigenvalue weighted by Gasteiger charge is 2.32. The molecule has 0 aromatic heterocycles. The van der Waals surface area contributed by atoms with Gasteiger partial charge in [-0.1, -0.05) is 12.1 Å². The number of rotatable bonds is 3. The topological polar surface area (TPSA) is 29.5 Å². The first-order chi connectivity index (χ1) is 8.89. The van der Waals surface area contributed by atoms with Crippen molar-refractivity contribution >= 4 is 11.6 Å². The van der Waals surface area contributed by atoms with Gasteiger partial charge in [-0.25, -0.2) is 0 Å². The molecule has 6 heteroatoms. The van der Waals surface area contributed by atoms with Gasteiger partial charge in [-0.2, -0.15) is 0 Å². The van der Waals surface area contributed by atoms with Gasteiger partial charge in [-0.3, -0.25) is 4.79 Å². The Balaban J connectivity index is 2.19. The van der Waals surface area contributed by atoms with Crippen LogP contribution >= 0.6 is 0 Å². The fourth-order valence-corrected chi connectivity index (χ4v) is 1.99. The lowest BCUT2D eigenvalue weighted by molar-refractivity contribution is -0.274. The van der Waals surface area contributed by atoms with Crippen molar-refractivity contribution in [3.05, 3.63) is 36.9 Å². The Morgan fingerprint density at radius 1 is 1.42 bits per heavy atom. The van der Waals surface area contributed by atoms with Crippen LogP contribution in [-0.4, -0.2) is 18.8 Å². The third-order valence-electron chi connectivity index (χ3n) is 2.85. The van der Waals surface area contributed by atoms with E-state index in [1.54, 1.807) is 12.1 Å². The summed E-state index contributed by atoms with van der Waals surface area (Å²) in [4.78, 5) is 13.2. The Morgan fingerprint density at radius 2 is 2.16 bits per heavy atom. The number of amides is 1. The average molecular weight is 271 g/mol. The van der Waals surface area contributed by atoms with Crippen LogP contribution in [-0.2, 0) is 4.79 Å². The van der Waals surface area contributed by atoms with Gasteiger partial charge in [0.05, 0.1) is 0 Å². The molecule has 2 rings (SSSR count). The molecule has 1 aromatic rings. The van der Waals surface area contributed by atoms with Crippen LogP contribution in [0.1, 0.15) is 6.42 Å². The molecule has 19 heavy (non-hydrogen) atoms. The average Bonchev–Trinajstić information content (AvgIpc) is 2.69. The second-order valence-electron chi connectivity index (χ2n) is 4.25. The Morgan fingerprint density at radius 3 is 2.74 bits per heavy atom. The van der Waals surface area contributed by atoms with Gasteiger partial charge in [0.15, 0.2) is 0 Å². The lowest BCUT2D eigenvalue weighted by Crippen LogP contribution is -2.24. The summed E-state index contributed by atoms with van der Waals surface area (Å²) in [7, 11) is 0. The van der Waals surface area contributed by atoms with Crippen molar-refractivity contribution in [1.29, 1.82) is 0 Å². The van der Waals surface area contributed by atoms with E-state index in [1.807, 2.05) is 0 Å². The van der Waals surface area contributed by atoms with Crippen molar-refractivity contribution in [2.75, 3.05) is 11.4 Å². The number of carbonyl (C=O) groups is 1. The molecule has 1 aliphatic rings. The van der Waals surface area contributed by atoms with Crippen LogP contribution in [0, 0.1) is 5.92 Å². The molecule has 1 atom stereocenters. The lowest BCUT2D eigenvalue weighted by atomic mass is 10.1. The second-order valence-corrected chi connectivity index (χ2v) is 4.25.